The van der Waals surface area contributed by atoms with Crippen LogP contribution >= 0.6 is 34.4 Å². The van der Waals surface area contributed by atoms with E-state index in [9.17, 15) is 9.59 Å². The minimum absolute atomic E-state index is 0.0161. The summed E-state index contributed by atoms with van der Waals surface area (Å²) >= 11 is 3.41. The molecule has 0 aliphatic carbocycles. The van der Waals surface area contributed by atoms with E-state index in [4.69, 9.17) is 9.84 Å². The van der Waals surface area contributed by atoms with Crippen LogP contribution in [0, 0.1) is 3.57 Å². The van der Waals surface area contributed by atoms with Crippen molar-refractivity contribution in [3.63, 3.8) is 0 Å². The van der Waals surface area contributed by atoms with Crippen LogP contribution in [0.5, 0.6) is 0 Å². The number of nitrogens with one attached hydrogen (secondary N) is 1. The number of aromatic amines is 1. The Hall–Kier alpha value is -0.320. The molecule has 2 atom stereocenters. The molecule has 0 bridgehead atoms. The van der Waals surface area contributed by atoms with Gasteiger partial charge >= 0.3 is 5.69 Å². The second-order valence-corrected chi connectivity index (χ2v) is 5.94. The third-order valence-electron chi connectivity index (χ3n) is 2.39. The molecule has 1 aliphatic rings. The van der Waals surface area contributed by atoms with E-state index in [1.165, 1.54) is 22.5 Å². The average Bonchev–Trinajstić information content (AvgIpc) is 2.34. The Morgan fingerprint density at radius 1 is 1.65 bits per heavy atom. The molecule has 1 aliphatic heterocycles. The quantitative estimate of drug-likeness (QED) is 0.703. The topological polar surface area (TPSA) is 84.3 Å². The molecule has 2 heterocycles. The molecule has 1 saturated heterocycles. The van der Waals surface area contributed by atoms with Crippen molar-refractivity contribution in [2.24, 2.45) is 0 Å². The average molecular weight is 370 g/mol. The van der Waals surface area contributed by atoms with Gasteiger partial charge in [-0.1, -0.05) is 0 Å². The van der Waals surface area contributed by atoms with Crippen LogP contribution in [0.1, 0.15) is 5.37 Å². The number of halogens is 1. The number of aliphatic hydroxyl groups excluding tert-OH is 1. The molecular weight excluding hydrogens is 359 g/mol. The predicted molar refractivity (Wildman–Crippen MR) is 72.4 cm³/mol. The summed E-state index contributed by atoms with van der Waals surface area (Å²) in [5.41, 5.74) is -0.805. The SMILES string of the molecule is O=c1[nH]c(=O)n(C2COC(CO)CS2)cc1I. The van der Waals surface area contributed by atoms with E-state index in [1.807, 2.05) is 22.6 Å². The lowest BCUT2D eigenvalue weighted by molar-refractivity contribution is 0.0152. The molecule has 0 aromatic carbocycles. The molecule has 1 fully saturated rings. The lowest BCUT2D eigenvalue weighted by Gasteiger charge is -2.28. The number of ether oxygens (including phenoxy) is 1. The van der Waals surface area contributed by atoms with Crippen molar-refractivity contribution in [2.45, 2.75) is 11.5 Å². The van der Waals surface area contributed by atoms with Crippen LogP contribution in [0.15, 0.2) is 15.8 Å². The first kappa shape index (κ1) is 13.1. The molecule has 0 amide bonds. The van der Waals surface area contributed by atoms with E-state index < -0.39 is 5.69 Å². The molecule has 17 heavy (non-hydrogen) atoms. The van der Waals surface area contributed by atoms with Crippen LogP contribution in [0.4, 0.5) is 0 Å². The lowest BCUT2D eigenvalue weighted by Crippen LogP contribution is -2.38. The normalized spacial score (nSPS) is 24.8. The molecular formula is C9H11IN2O4S. The standard InChI is InChI=1S/C9H11IN2O4S/c10-6-1-12(9(15)11-8(6)14)7-3-16-5(2-13)4-17-7/h1,5,7,13H,2-4H2,(H,11,14,15). The van der Waals surface area contributed by atoms with Crippen molar-refractivity contribution >= 4 is 34.4 Å². The number of aliphatic hydroxyl groups is 1. The zero-order valence-electron chi connectivity index (χ0n) is 8.76. The smallest absolute Gasteiger partial charge is 0.329 e. The van der Waals surface area contributed by atoms with Crippen molar-refractivity contribution in [1.29, 1.82) is 0 Å². The Labute approximate surface area is 115 Å². The van der Waals surface area contributed by atoms with Crippen LogP contribution < -0.4 is 11.2 Å². The Kier molecular flexibility index (Phi) is 4.28. The summed E-state index contributed by atoms with van der Waals surface area (Å²) in [6, 6.07) is 0. The molecule has 2 rings (SSSR count). The molecule has 6 nitrogen and oxygen atoms in total. The zero-order valence-corrected chi connectivity index (χ0v) is 11.7. The van der Waals surface area contributed by atoms with Crippen LogP contribution in [-0.2, 0) is 4.74 Å². The number of nitrogens with zero attached hydrogens (tertiary/aromatic N) is 1. The van der Waals surface area contributed by atoms with Gasteiger partial charge in [0.2, 0.25) is 0 Å². The van der Waals surface area contributed by atoms with E-state index in [1.54, 1.807) is 0 Å². The molecule has 94 valence electrons. The number of hydrogen-bond acceptors (Lipinski definition) is 5. The van der Waals surface area contributed by atoms with E-state index in [2.05, 4.69) is 4.98 Å². The van der Waals surface area contributed by atoms with Crippen molar-refractivity contribution < 1.29 is 9.84 Å². The molecule has 2 unspecified atom stereocenters. The third kappa shape index (κ3) is 2.92. The highest BCUT2D eigenvalue weighted by Gasteiger charge is 2.24. The van der Waals surface area contributed by atoms with Crippen LogP contribution in [-0.4, -0.2) is 39.7 Å². The van der Waals surface area contributed by atoms with Crippen LogP contribution in [0.25, 0.3) is 0 Å². The maximum absolute atomic E-state index is 11.6. The molecule has 1 aromatic heterocycles. The van der Waals surface area contributed by atoms with E-state index in [0.29, 0.717) is 15.9 Å². The van der Waals surface area contributed by atoms with Gasteiger partial charge in [-0.2, -0.15) is 0 Å². The fourth-order valence-corrected chi connectivity index (χ4v) is 3.04. The molecule has 2 N–H and O–H groups in total. The Bertz CT molecular complexity index is 506. The molecule has 1 aromatic rings. The summed E-state index contributed by atoms with van der Waals surface area (Å²) in [7, 11) is 0. The van der Waals surface area contributed by atoms with Gasteiger partial charge < -0.3 is 9.84 Å². The zero-order chi connectivity index (χ0) is 12.4. The second-order valence-electron chi connectivity index (χ2n) is 3.57. The molecule has 8 heteroatoms. The van der Waals surface area contributed by atoms with E-state index >= 15 is 0 Å². The number of hydrogen-bond donors (Lipinski definition) is 2. The molecule has 0 radical (unpaired) electrons. The highest BCUT2D eigenvalue weighted by molar-refractivity contribution is 14.1. The van der Waals surface area contributed by atoms with Gasteiger partial charge in [-0.3, -0.25) is 14.3 Å². The summed E-state index contributed by atoms with van der Waals surface area (Å²) in [5.74, 6) is 0.628. The number of rotatable bonds is 2. The maximum atomic E-state index is 11.6. The minimum Gasteiger partial charge on any atom is -0.394 e. The summed E-state index contributed by atoms with van der Waals surface area (Å²) in [6.45, 7) is 0.329. The summed E-state index contributed by atoms with van der Waals surface area (Å²) in [5, 5.41) is 8.77. The Balaban J connectivity index is 2.22. The first-order valence-corrected chi connectivity index (χ1v) is 7.09. The van der Waals surface area contributed by atoms with Crippen LogP contribution in [0.3, 0.4) is 0 Å². The Morgan fingerprint density at radius 3 is 3.00 bits per heavy atom. The monoisotopic (exact) mass is 370 g/mol. The van der Waals surface area contributed by atoms with Crippen LogP contribution in [0.2, 0.25) is 0 Å². The number of thioether (sulfide) groups is 1. The number of H-pyrrole nitrogens is 1. The lowest BCUT2D eigenvalue weighted by atomic mass is 10.4. The number of aromatic nitrogens is 2. The minimum atomic E-state index is -0.432. The highest BCUT2D eigenvalue weighted by atomic mass is 127. The van der Waals surface area contributed by atoms with Gasteiger partial charge in [0.25, 0.3) is 5.56 Å². The molecule has 0 saturated carbocycles. The highest BCUT2D eigenvalue weighted by Crippen LogP contribution is 2.28. The molecule has 0 spiro atoms. The first-order valence-electron chi connectivity index (χ1n) is 4.97. The van der Waals surface area contributed by atoms with Gasteiger partial charge in [0.05, 0.1) is 22.9 Å². The van der Waals surface area contributed by atoms with Crippen molar-refractivity contribution in [2.75, 3.05) is 19.0 Å². The van der Waals surface area contributed by atoms with Gasteiger partial charge in [0.15, 0.2) is 0 Å². The summed E-state index contributed by atoms with van der Waals surface area (Å²) in [6.07, 6.45) is 1.36. The fraction of sp³-hybridized carbons (Fsp3) is 0.556. The fourth-order valence-electron chi connectivity index (χ4n) is 1.47. The van der Waals surface area contributed by atoms with Crippen molar-refractivity contribution in [3.05, 3.63) is 30.6 Å². The van der Waals surface area contributed by atoms with Gasteiger partial charge in [0, 0.05) is 11.9 Å². The predicted octanol–water partition coefficient (Wildman–Crippen LogP) is -0.236. The summed E-state index contributed by atoms with van der Waals surface area (Å²) in [4.78, 5) is 25.1. The maximum Gasteiger partial charge on any atom is 0.329 e. The van der Waals surface area contributed by atoms with E-state index in [0.717, 1.165) is 0 Å². The Morgan fingerprint density at radius 2 is 2.41 bits per heavy atom. The van der Waals surface area contributed by atoms with Gasteiger partial charge in [0.1, 0.15) is 5.37 Å². The van der Waals surface area contributed by atoms with Gasteiger partial charge in [-0.05, 0) is 22.6 Å². The van der Waals surface area contributed by atoms with Gasteiger partial charge in [-0.15, -0.1) is 11.8 Å². The third-order valence-corrected chi connectivity index (χ3v) is 4.47. The second kappa shape index (κ2) is 5.55. The summed E-state index contributed by atoms with van der Waals surface area (Å²) < 4.78 is 7.32. The first-order chi connectivity index (χ1) is 8.11. The van der Waals surface area contributed by atoms with Crippen molar-refractivity contribution in [3.8, 4) is 0 Å². The van der Waals surface area contributed by atoms with Crippen molar-refractivity contribution in [1.82, 2.24) is 9.55 Å². The van der Waals surface area contributed by atoms with E-state index in [-0.39, 0.29) is 23.6 Å². The van der Waals surface area contributed by atoms with Gasteiger partial charge in [-0.25, -0.2) is 4.79 Å². The largest absolute Gasteiger partial charge is 0.394 e.